The number of carboxylic acid groups (broad SMARTS) is 1. The van der Waals surface area contributed by atoms with E-state index in [9.17, 15) is 4.79 Å². The molecule has 0 spiro atoms. The minimum atomic E-state index is -0.909. The summed E-state index contributed by atoms with van der Waals surface area (Å²) in [4.78, 5) is 13.2. The van der Waals surface area contributed by atoms with Crippen LogP contribution >= 0.6 is 0 Å². The van der Waals surface area contributed by atoms with Crippen LogP contribution in [-0.2, 0) is 6.54 Å². The van der Waals surface area contributed by atoms with Crippen molar-refractivity contribution < 1.29 is 14.6 Å². The molecule has 0 bridgehead atoms. The lowest BCUT2D eigenvalue weighted by Gasteiger charge is -2.21. The largest absolute Gasteiger partial charge is 0.496 e. The van der Waals surface area contributed by atoms with Crippen molar-refractivity contribution in [1.29, 1.82) is 0 Å². The van der Waals surface area contributed by atoms with Crippen LogP contribution < -0.4 is 4.74 Å². The van der Waals surface area contributed by atoms with Gasteiger partial charge in [-0.3, -0.25) is 0 Å². The SMILES string of the molecule is CCC(C)CN(C)Cc1cc(C(=O)O)ccc1OC. The first-order chi connectivity index (χ1) is 8.97. The van der Waals surface area contributed by atoms with Gasteiger partial charge in [-0.25, -0.2) is 4.79 Å². The van der Waals surface area contributed by atoms with Gasteiger partial charge in [0.05, 0.1) is 12.7 Å². The summed E-state index contributed by atoms with van der Waals surface area (Å²) < 4.78 is 5.29. The van der Waals surface area contributed by atoms with Gasteiger partial charge in [0.25, 0.3) is 0 Å². The van der Waals surface area contributed by atoms with Gasteiger partial charge in [-0.05, 0) is 31.2 Å². The van der Waals surface area contributed by atoms with Gasteiger partial charge in [-0.15, -0.1) is 0 Å². The van der Waals surface area contributed by atoms with Gasteiger partial charge in [-0.2, -0.15) is 0 Å². The lowest BCUT2D eigenvalue weighted by molar-refractivity contribution is 0.0696. The van der Waals surface area contributed by atoms with E-state index in [0.717, 1.165) is 24.3 Å². The molecule has 0 aliphatic rings. The lowest BCUT2D eigenvalue weighted by atomic mass is 10.1. The average Bonchev–Trinajstić information content (AvgIpc) is 2.38. The summed E-state index contributed by atoms with van der Waals surface area (Å²) in [6, 6.07) is 4.98. The number of aromatic carboxylic acids is 1. The second-order valence-electron chi connectivity index (χ2n) is 5.04. The van der Waals surface area contributed by atoms with Gasteiger partial charge in [0.1, 0.15) is 5.75 Å². The second kappa shape index (κ2) is 7.14. The van der Waals surface area contributed by atoms with Crippen molar-refractivity contribution in [2.75, 3.05) is 20.7 Å². The molecule has 0 aliphatic carbocycles. The minimum Gasteiger partial charge on any atom is -0.496 e. The van der Waals surface area contributed by atoms with Gasteiger partial charge in [0.15, 0.2) is 0 Å². The highest BCUT2D eigenvalue weighted by Crippen LogP contribution is 2.22. The Kier molecular flexibility index (Phi) is 5.83. The van der Waals surface area contributed by atoms with Crippen molar-refractivity contribution in [1.82, 2.24) is 4.90 Å². The fourth-order valence-electron chi connectivity index (χ4n) is 2.05. The fourth-order valence-corrected chi connectivity index (χ4v) is 2.05. The Morgan fingerprint density at radius 3 is 2.68 bits per heavy atom. The molecular formula is C15H23NO3. The molecule has 0 radical (unpaired) electrons. The summed E-state index contributed by atoms with van der Waals surface area (Å²) in [5.41, 5.74) is 1.21. The molecule has 1 rings (SSSR count). The van der Waals surface area contributed by atoms with Gasteiger partial charge < -0.3 is 14.7 Å². The van der Waals surface area contributed by atoms with Crippen molar-refractivity contribution in [3.63, 3.8) is 0 Å². The normalized spacial score (nSPS) is 12.5. The minimum absolute atomic E-state index is 0.299. The van der Waals surface area contributed by atoms with Crippen molar-refractivity contribution in [3.05, 3.63) is 29.3 Å². The van der Waals surface area contributed by atoms with E-state index in [2.05, 4.69) is 18.7 Å². The Morgan fingerprint density at radius 1 is 1.47 bits per heavy atom. The third kappa shape index (κ3) is 4.56. The number of methoxy groups -OCH3 is 1. The van der Waals surface area contributed by atoms with Gasteiger partial charge in [-0.1, -0.05) is 20.3 Å². The molecule has 0 fully saturated rings. The average molecular weight is 265 g/mol. The van der Waals surface area contributed by atoms with Crippen molar-refractivity contribution in [2.45, 2.75) is 26.8 Å². The zero-order chi connectivity index (χ0) is 14.4. The number of carboxylic acids is 1. The molecule has 106 valence electrons. The molecule has 1 unspecified atom stereocenters. The molecule has 4 nitrogen and oxygen atoms in total. The third-order valence-electron chi connectivity index (χ3n) is 3.29. The standard InChI is InChI=1S/C15H23NO3/c1-5-11(2)9-16(3)10-13-8-12(15(17)18)6-7-14(13)19-4/h6-8,11H,5,9-10H2,1-4H3,(H,17,18). The highest BCUT2D eigenvalue weighted by molar-refractivity contribution is 5.88. The Morgan fingerprint density at radius 2 is 2.16 bits per heavy atom. The second-order valence-corrected chi connectivity index (χ2v) is 5.04. The monoisotopic (exact) mass is 265 g/mol. The molecule has 1 aromatic carbocycles. The Labute approximate surface area is 115 Å². The van der Waals surface area contributed by atoms with Crippen LogP contribution in [-0.4, -0.2) is 36.7 Å². The first kappa shape index (κ1) is 15.5. The van der Waals surface area contributed by atoms with Crippen molar-refractivity contribution in [2.24, 2.45) is 5.92 Å². The van der Waals surface area contributed by atoms with Gasteiger partial charge in [0, 0.05) is 18.7 Å². The topological polar surface area (TPSA) is 49.8 Å². The molecule has 0 aliphatic heterocycles. The number of rotatable bonds is 7. The van der Waals surface area contributed by atoms with Crippen LogP contribution in [0.3, 0.4) is 0 Å². The van der Waals surface area contributed by atoms with Crippen molar-refractivity contribution >= 4 is 5.97 Å². The first-order valence-corrected chi connectivity index (χ1v) is 6.56. The molecule has 0 amide bonds. The maximum absolute atomic E-state index is 11.0. The first-order valence-electron chi connectivity index (χ1n) is 6.56. The Balaban J connectivity index is 2.85. The zero-order valence-corrected chi connectivity index (χ0v) is 12.1. The van der Waals surface area contributed by atoms with Crippen LogP contribution in [0.4, 0.5) is 0 Å². The number of hydrogen-bond donors (Lipinski definition) is 1. The predicted octanol–water partition coefficient (Wildman–Crippen LogP) is 2.87. The van der Waals surface area contributed by atoms with Crippen LogP contribution in [0.25, 0.3) is 0 Å². The quantitative estimate of drug-likeness (QED) is 0.823. The molecule has 0 heterocycles. The summed E-state index contributed by atoms with van der Waals surface area (Å²) >= 11 is 0. The highest BCUT2D eigenvalue weighted by atomic mass is 16.5. The smallest absolute Gasteiger partial charge is 0.335 e. The summed E-state index contributed by atoms with van der Waals surface area (Å²) in [5, 5.41) is 9.04. The molecule has 1 N–H and O–H groups in total. The number of benzene rings is 1. The number of ether oxygens (including phenoxy) is 1. The summed E-state index contributed by atoms with van der Waals surface area (Å²) in [5.74, 6) is 0.452. The van der Waals surface area contributed by atoms with E-state index in [4.69, 9.17) is 9.84 Å². The molecule has 0 aromatic heterocycles. The molecule has 0 saturated heterocycles. The molecule has 1 atom stereocenters. The number of carbonyl (C=O) groups is 1. The summed E-state index contributed by atoms with van der Waals surface area (Å²) in [7, 11) is 3.65. The van der Waals surface area contributed by atoms with E-state index in [0.29, 0.717) is 18.0 Å². The molecular weight excluding hydrogens is 242 g/mol. The third-order valence-corrected chi connectivity index (χ3v) is 3.29. The van der Waals surface area contributed by atoms with Crippen LogP contribution in [0.2, 0.25) is 0 Å². The van der Waals surface area contributed by atoms with Crippen LogP contribution in [0.1, 0.15) is 36.2 Å². The van der Waals surface area contributed by atoms with Crippen LogP contribution in [0.15, 0.2) is 18.2 Å². The van der Waals surface area contributed by atoms with E-state index in [-0.39, 0.29) is 0 Å². The maximum atomic E-state index is 11.0. The number of hydrogen-bond acceptors (Lipinski definition) is 3. The zero-order valence-electron chi connectivity index (χ0n) is 12.1. The molecule has 19 heavy (non-hydrogen) atoms. The molecule has 1 aromatic rings. The van der Waals surface area contributed by atoms with E-state index < -0.39 is 5.97 Å². The molecule has 0 saturated carbocycles. The van der Waals surface area contributed by atoms with Gasteiger partial charge in [0.2, 0.25) is 0 Å². The molecule has 4 heteroatoms. The lowest BCUT2D eigenvalue weighted by Crippen LogP contribution is -2.24. The van der Waals surface area contributed by atoms with Crippen molar-refractivity contribution in [3.8, 4) is 5.75 Å². The highest BCUT2D eigenvalue weighted by Gasteiger charge is 2.12. The summed E-state index contributed by atoms with van der Waals surface area (Å²) in [6.07, 6.45) is 1.14. The van der Waals surface area contributed by atoms with E-state index in [1.165, 1.54) is 0 Å². The van der Waals surface area contributed by atoms with E-state index in [1.54, 1.807) is 25.3 Å². The maximum Gasteiger partial charge on any atom is 0.335 e. The Bertz CT molecular complexity index is 431. The van der Waals surface area contributed by atoms with Crippen LogP contribution in [0, 0.1) is 5.92 Å². The predicted molar refractivity (Wildman–Crippen MR) is 75.7 cm³/mol. The number of nitrogens with zero attached hydrogens (tertiary/aromatic N) is 1. The summed E-state index contributed by atoms with van der Waals surface area (Å²) in [6.45, 7) is 6.05. The fraction of sp³-hybridized carbons (Fsp3) is 0.533. The van der Waals surface area contributed by atoms with E-state index >= 15 is 0 Å². The van der Waals surface area contributed by atoms with Gasteiger partial charge >= 0.3 is 5.97 Å². The Hall–Kier alpha value is -1.55. The van der Waals surface area contributed by atoms with Crippen LogP contribution in [0.5, 0.6) is 5.75 Å². The van der Waals surface area contributed by atoms with E-state index in [1.807, 2.05) is 7.05 Å².